The number of nitrogens with zero attached hydrogens (tertiary/aromatic N) is 4. The molecule has 0 aliphatic carbocycles. The number of carbonyl (C=O) groups is 1. The van der Waals surface area contributed by atoms with Crippen molar-refractivity contribution in [1.29, 1.82) is 0 Å². The van der Waals surface area contributed by atoms with Gasteiger partial charge in [-0.3, -0.25) is 9.69 Å². The summed E-state index contributed by atoms with van der Waals surface area (Å²) >= 11 is 0. The molecule has 0 bridgehead atoms. The Morgan fingerprint density at radius 3 is 2.68 bits per heavy atom. The van der Waals surface area contributed by atoms with Crippen LogP contribution in [0.4, 0.5) is 0 Å². The lowest BCUT2D eigenvalue weighted by Gasteiger charge is -2.36. The minimum Gasteiger partial charge on any atom is -0.348 e. The van der Waals surface area contributed by atoms with Gasteiger partial charge in [0.15, 0.2) is 0 Å². The molecule has 134 valence electrons. The van der Waals surface area contributed by atoms with E-state index < -0.39 is 0 Å². The smallest absolute Gasteiger partial charge is 0.253 e. The van der Waals surface area contributed by atoms with E-state index in [-0.39, 0.29) is 5.91 Å². The van der Waals surface area contributed by atoms with Gasteiger partial charge in [-0.2, -0.15) is 0 Å². The standard InChI is InChI=1S/C20H28N4O/c1-3-22-8-6-16-14-17(4-5-19(16)22)20(25)24-9-7-18(15-24)23-12-10-21(2)11-13-23/h4-6,8,14,18H,3,7,9-13,15H2,1-2H3/t18-/m1/s1. The van der Waals surface area contributed by atoms with E-state index in [0.29, 0.717) is 6.04 Å². The number of fused-ring (bicyclic) bond motifs is 1. The molecule has 1 aromatic heterocycles. The van der Waals surface area contributed by atoms with Crippen molar-refractivity contribution in [3.63, 3.8) is 0 Å². The Morgan fingerprint density at radius 1 is 1.12 bits per heavy atom. The van der Waals surface area contributed by atoms with Gasteiger partial charge in [-0.1, -0.05) is 0 Å². The monoisotopic (exact) mass is 340 g/mol. The lowest BCUT2D eigenvalue weighted by Crippen LogP contribution is -2.50. The van der Waals surface area contributed by atoms with Crippen LogP contribution in [0, 0.1) is 0 Å². The van der Waals surface area contributed by atoms with Gasteiger partial charge in [0, 0.05) is 74.5 Å². The molecule has 25 heavy (non-hydrogen) atoms. The summed E-state index contributed by atoms with van der Waals surface area (Å²) < 4.78 is 2.21. The van der Waals surface area contributed by atoms with Gasteiger partial charge >= 0.3 is 0 Å². The third-order valence-corrected chi connectivity index (χ3v) is 5.86. The molecule has 2 fully saturated rings. The molecule has 0 unspecified atom stereocenters. The van der Waals surface area contributed by atoms with Crippen LogP contribution in [-0.4, -0.2) is 77.5 Å². The molecule has 4 rings (SSSR count). The average molecular weight is 340 g/mol. The summed E-state index contributed by atoms with van der Waals surface area (Å²) in [4.78, 5) is 19.9. The fraction of sp³-hybridized carbons (Fsp3) is 0.550. The normalized spacial score (nSPS) is 22.8. The number of rotatable bonds is 3. The lowest BCUT2D eigenvalue weighted by molar-refractivity contribution is 0.0755. The predicted octanol–water partition coefficient (Wildman–Crippen LogP) is 2.12. The number of hydrogen-bond donors (Lipinski definition) is 0. The van der Waals surface area contributed by atoms with Gasteiger partial charge in [0.05, 0.1) is 0 Å². The molecule has 2 aromatic rings. The molecule has 2 saturated heterocycles. The molecule has 5 heteroatoms. The number of likely N-dealkylation sites (N-methyl/N-ethyl adjacent to an activating group) is 1. The van der Waals surface area contributed by atoms with Gasteiger partial charge in [0.25, 0.3) is 5.91 Å². The van der Waals surface area contributed by atoms with Gasteiger partial charge in [0.1, 0.15) is 0 Å². The molecule has 0 radical (unpaired) electrons. The number of benzene rings is 1. The van der Waals surface area contributed by atoms with Crippen LogP contribution in [0.5, 0.6) is 0 Å². The molecule has 1 atom stereocenters. The fourth-order valence-corrected chi connectivity index (χ4v) is 4.20. The molecule has 5 nitrogen and oxygen atoms in total. The highest BCUT2D eigenvalue weighted by Gasteiger charge is 2.32. The van der Waals surface area contributed by atoms with E-state index in [2.05, 4.69) is 46.7 Å². The molecular formula is C20H28N4O. The van der Waals surface area contributed by atoms with Gasteiger partial charge in [-0.25, -0.2) is 0 Å². The summed E-state index contributed by atoms with van der Waals surface area (Å²) in [7, 11) is 2.18. The summed E-state index contributed by atoms with van der Waals surface area (Å²) in [6, 6.07) is 8.75. The Bertz CT molecular complexity index is 760. The quantitative estimate of drug-likeness (QED) is 0.858. The number of piperazine rings is 1. The highest BCUT2D eigenvalue weighted by Crippen LogP contribution is 2.22. The maximum absolute atomic E-state index is 12.9. The zero-order chi connectivity index (χ0) is 17.4. The number of likely N-dealkylation sites (tertiary alicyclic amines) is 1. The van der Waals surface area contributed by atoms with Crippen LogP contribution in [0.3, 0.4) is 0 Å². The topological polar surface area (TPSA) is 31.7 Å². The summed E-state index contributed by atoms with van der Waals surface area (Å²) in [5.41, 5.74) is 2.02. The molecule has 2 aliphatic rings. The number of aromatic nitrogens is 1. The zero-order valence-corrected chi connectivity index (χ0v) is 15.3. The average Bonchev–Trinajstić information content (AvgIpc) is 3.28. The van der Waals surface area contributed by atoms with Gasteiger partial charge in [-0.15, -0.1) is 0 Å². The number of carbonyl (C=O) groups excluding carboxylic acids is 1. The van der Waals surface area contributed by atoms with E-state index in [9.17, 15) is 4.79 Å². The van der Waals surface area contributed by atoms with Crippen molar-refractivity contribution in [3.05, 3.63) is 36.0 Å². The van der Waals surface area contributed by atoms with Crippen molar-refractivity contribution in [1.82, 2.24) is 19.3 Å². The van der Waals surface area contributed by atoms with Gasteiger partial charge in [0.2, 0.25) is 0 Å². The Morgan fingerprint density at radius 2 is 1.92 bits per heavy atom. The second-order valence-electron chi connectivity index (χ2n) is 7.41. The highest BCUT2D eigenvalue weighted by molar-refractivity contribution is 5.98. The maximum atomic E-state index is 12.9. The van der Waals surface area contributed by atoms with E-state index in [0.717, 1.165) is 63.2 Å². The van der Waals surface area contributed by atoms with E-state index >= 15 is 0 Å². The van der Waals surface area contributed by atoms with Gasteiger partial charge in [-0.05, 0) is 44.7 Å². The molecule has 0 N–H and O–H groups in total. The van der Waals surface area contributed by atoms with Crippen LogP contribution in [0.15, 0.2) is 30.5 Å². The molecular weight excluding hydrogens is 312 g/mol. The van der Waals surface area contributed by atoms with Crippen LogP contribution >= 0.6 is 0 Å². The van der Waals surface area contributed by atoms with Gasteiger partial charge < -0.3 is 14.4 Å². The third kappa shape index (κ3) is 3.18. The molecule has 2 aliphatic heterocycles. The van der Waals surface area contributed by atoms with Crippen LogP contribution in [0.25, 0.3) is 10.9 Å². The lowest BCUT2D eigenvalue weighted by atomic mass is 10.1. The second-order valence-corrected chi connectivity index (χ2v) is 7.41. The summed E-state index contributed by atoms with van der Waals surface area (Å²) in [5.74, 6) is 0.183. The van der Waals surface area contributed by atoms with E-state index in [4.69, 9.17) is 0 Å². The van der Waals surface area contributed by atoms with Crippen molar-refractivity contribution in [2.24, 2.45) is 0 Å². The SMILES string of the molecule is CCn1ccc2cc(C(=O)N3CC[C@@H](N4CCN(C)CC4)C3)ccc21. The van der Waals surface area contributed by atoms with E-state index in [1.165, 1.54) is 5.52 Å². The van der Waals surface area contributed by atoms with Crippen LogP contribution in [0.1, 0.15) is 23.7 Å². The number of hydrogen-bond acceptors (Lipinski definition) is 3. The summed E-state index contributed by atoms with van der Waals surface area (Å²) in [6.45, 7) is 9.36. The molecule has 1 aromatic carbocycles. The Balaban J connectivity index is 1.44. The number of amides is 1. The highest BCUT2D eigenvalue weighted by atomic mass is 16.2. The second kappa shape index (κ2) is 6.81. The largest absolute Gasteiger partial charge is 0.348 e. The first-order chi connectivity index (χ1) is 12.2. The Hall–Kier alpha value is -1.85. The predicted molar refractivity (Wildman–Crippen MR) is 101 cm³/mol. The Kier molecular flexibility index (Phi) is 4.52. The molecule has 3 heterocycles. The Labute approximate surface area is 149 Å². The van der Waals surface area contributed by atoms with Crippen LogP contribution in [0.2, 0.25) is 0 Å². The zero-order valence-electron chi connectivity index (χ0n) is 15.3. The third-order valence-electron chi connectivity index (χ3n) is 5.86. The maximum Gasteiger partial charge on any atom is 0.253 e. The van der Waals surface area contributed by atoms with Crippen molar-refractivity contribution in [3.8, 4) is 0 Å². The van der Waals surface area contributed by atoms with Crippen molar-refractivity contribution >= 4 is 16.8 Å². The fourth-order valence-electron chi connectivity index (χ4n) is 4.20. The molecule has 0 saturated carbocycles. The minimum absolute atomic E-state index is 0.183. The first-order valence-corrected chi connectivity index (χ1v) is 9.46. The molecule has 1 amide bonds. The van der Waals surface area contributed by atoms with E-state index in [1.807, 2.05) is 17.0 Å². The first-order valence-electron chi connectivity index (χ1n) is 9.46. The van der Waals surface area contributed by atoms with Crippen molar-refractivity contribution < 1.29 is 4.79 Å². The van der Waals surface area contributed by atoms with Crippen molar-refractivity contribution in [2.75, 3.05) is 46.3 Å². The molecule has 0 spiro atoms. The van der Waals surface area contributed by atoms with Crippen LogP contribution in [-0.2, 0) is 6.54 Å². The number of aryl methyl sites for hydroxylation is 1. The summed E-state index contributed by atoms with van der Waals surface area (Å²) in [6.07, 6.45) is 3.20. The minimum atomic E-state index is 0.183. The van der Waals surface area contributed by atoms with Crippen LogP contribution < -0.4 is 0 Å². The van der Waals surface area contributed by atoms with Crippen molar-refractivity contribution in [2.45, 2.75) is 25.9 Å². The first kappa shape index (κ1) is 16.6. The summed E-state index contributed by atoms with van der Waals surface area (Å²) in [5, 5.41) is 1.16. The van der Waals surface area contributed by atoms with E-state index in [1.54, 1.807) is 0 Å².